The lowest BCUT2D eigenvalue weighted by molar-refractivity contribution is -0.130. The predicted molar refractivity (Wildman–Crippen MR) is 61.8 cm³/mol. The highest BCUT2D eigenvalue weighted by atomic mass is 16.2. The number of carbonyl (C=O) groups excluding carboxylic acids is 1. The Balaban J connectivity index is 2.22. The van der Waals surface area contributed by atoms with Gasteiger partial charge in [-0.05, 0) is 33.9 Å². The van der Waals surface area contributed by atoms with Crippen LogP contribution in [0.15, 0.2) is 0 Å². The minimum absolute atomic E-state index is 0.180. The monoisotopic (exact) mass is 213 g/mol. The van der Waals surface area contributed by atoms with Crippen LogP contribution in [-0.4, -0.2) is 61.5 Å². The molecule has 1 aliphatic heterocycles. The molecule has 0 aromatic heterocycles. The Kier molecular flexibility index (Phi) is 4.54. The van der Waals surface area contributed by atoms with Crippen molar-refractivity contribution >= 4 is 5.91 Å². The van der Waals surface area contributed by atoms with Gasteiger partial charge in [0.1, 0.15) is 0 Å². The molecular formula is C11H23N3O. The fraction of sp³-hybridized carbons (Fsp3) is 0.909. The third-order valence-electron chi connectivity index (χ3n) is 3.10. The number of amides is 1. The maximum Gasteiger partial charge on any atom is 0.236 e. The third kappa shape index (κ3) is 3.80. The highest BCUT2D eigenvalue weighted by molar-refractivity contribution is 5.78. The second-order valence-corrected chi connectivity index (χ2v) is 4.73. The van der Waals surface area contributed by atoms with Crippen molar-refractivity contribution in [1.29, 1.82) is 0 Å². The van der Waals surface area contributed by atoms with E-state index in [1.165, 1.54) is 0 Å². The van der Waals surface area contributed by atoms with Gasteiger partial charge in [0, 0.05) is 25.7 Å². The van der Waals surface area contributed by atoms with Crippen LogP contribution in [0, 0.1) is 0 Å². The van der Waals surface area contributed by atoms with Crippen molar-refractivity contribution in [3.8, 4) is 0 Å². The Labute approximate surface area is 92.6 Å². The van der Waals surface area contributed by atoms with Crippen molar-refractivity contribution in [2.45, 2.75) is 32.4 Å². The molecule has 0 aromatic carbocycles. The van der Waals surface area contributed by atoms with Gasteiger partial charge in [0.2, 0.25) is 5.91 Å². The minimum atomic E-state index is 0.180. The normalized spacial score (nSPS) is 22.3. The zero-order chi connectivity index (χ0) is 11.4. The van der Waals surface area contributed by atoms with E-state index < -0.39 is 0 Å². The minimum Gasteiger partial charge on any atom is -0.342 e. The lowest BCUT2D eigenvalue weighted by Gasteiger charge is -2.22. The van der Waals surface area contributed by atoms with Crippen LogP contribution >= 0.6 is 0 Å². The summed E-state index contributed by atoms with van der Waals surface area (Å²) in [5, 5.41) is 3.31. The van der Waals surface area contributed by atoms with Crippen molar-refractivity contribution in [3.63, 3.8) is 0 Å². The van der Waals surface area contributed by atoms with Gasteiger partial charge < -0.3 is 15.1 Å². The smallest absolute Gasteiger partial charge is 0.236 e. The molecule has 1 aliphatic rings. The van der Waals surface area contributed by atoms with E-state index in [2.05, 4.69) is 17.3 Å². The number of hydrogen-bond donors (Lipinski definition) is 1. The summed E-state index contributed by atoms with van der Waals surface area (Å²) in [6.07, 6.45) is 1.15. The summed E-state index contributed by atoms with van der Waals surface area (Å²) in [7, 11) is 3.97. The molecule has 1 N–H and O–H groups in total. The molecule has 1 unspecified atom stereocenters. The summed E-state index contributed by atoms with van der Waals surface area (Å²) in [5.74, 6) is 0.180. The second-order valence-electron chi connectivity index (χ2n) is 4.73. The SMILES string of the molecule is CC(C)N(C)C(=O)CNC1CCN(C)C1. The average molecular weight is 213 g/mol. The Morgan fingerprint density at radius 3 is 2.73 bits per heavy atom. The van der Waals surface area contributed by atoms with E-state index in [9.17, 15) is 4.79 Å². The summed E-state index contributed by atoms with van der Waals surface area (Å²) in [6.45, 7) is 6.71. The van der Waals surface area contributed by atoms with E-state index in [4.69, 9.17) is 0 Å². The molecule has 4 nitrogen and oxygen atoms in total. The predicted octanol–water partition coefficient (Wildman–Crippen LogP) is 0.147. The fourth-order valence-corrected chi connectivity index (χ4v) is 1.75. The van der Waals surface area contributed by atoms with Crippen LogP contribution in [0.2, 0.25) is 0 Å². The lowest BCUT2D eigenvalue weighted by Crippen LogP contribution is -2.43. The van der Waals surface area contributed by atoms with Gasteiger partial charge in [0.25, 0.3) is 0 Å². The maximum absolute atomic E-state index is 11.7. The second kappa shape index (κ2) is 5.47. The number of likely N-dealkylation sites (tertiary alicyclic amines) is 1. The van der Waals surface area contributed by atoms with Gasteiger partial charge in [-0.25, -0.2) is 0 Å². The molecule has 88 valence electrons. The van der Waals surface area contributed by atoms with Gasteiger partial charge in [0.05, 0.1) is 6.54 Å². The first-order chi connectivity index (χ1) is 7.00. The Morgan fingerprint density at radius 2 is 2.27 bits per heavy atom. The van der Waals surface area contributed by atoms with Crippen LogP contribution in [-0.2, 0) is 4.79 Å². The van der Waals surface area contributed by atoms with Gasteiger partial charge in [-0.2, -0.15) is 0 Å². The van der Waals surface area contributed by atoms with Crippen LogP contribution < -0.4 is 5.32 Å². The molecular weight excluding hydrogens is 190 g/mol. The fourth-order valence-electron chi connectivity index (χ4n) is 1.75. The number of nitrogens with one attached hydrogen (secondary N) is 1. The van der Waals surface area contributed by atoms with E-state index in [1.807, 2.05) is 20.9 Å². The highest BCUT2D eigenvalue weighted by Crippen LogP contribution is 2.05. The topological polar surface area (TPSA) is 35.6 Å². The molecule has 1 atom stereocenters. The van der Waals surface area contributed by atoms with E-state index in [0.717, 1.165) is 19.5 Å². The van der Waals surface area contributed by atoms with Crippen LogP contribution in [0.5, 0.6) is 0 Å². The summed E-state index contributed by atoms with van der Waals surface area (Å²) < 4.78 is 0. The molecule has 0 aliphatic carbocycles. The Bertz CT molecular complexity index is 218. The summed E-state index contributed by atoms with van der Waals surface area (Å²) in [6, 6.07) is 0.769. The molecule has 1 heterocycles. The summed E-state index contributed by atoms with van der Waals surface area (Å²) in [5.41, 5.74) is 0. The highest BCUT2D eigenvalue weighted by Gasteiger charge is 2.20. The van der Waals surface area contributed by atoms with Crippen molar-refractivity contribution in [3.05, 3.63) is 0 Å². The number of carbonyl (C=O) groups is 1. The van der Waals surface area contributed by atoms with Crippen molar-refractivity contribution in [2.24, 2.45) is 0 Å². The number of rotatable bonds is 4. The van der Waals surface area contributed by atoms with E-state index in [1.54, 1.807) is 4.90 Å². The van der Waals surface area contributed by atoms with Gasteiger partial charge in [0.15, 0.2) is 0 Å². The van der Waals surface area contributed by atoms with Crippen molar-refractivity contribution < 1.29 is 4.79 Å². The van der Waals surface area contributed by atoms with Crippen LogP contribution in [0.1, 0.15) is 20.3 Å². The van der Waals surface area contributed by atoms with Crippen LogP contribution in [0.4, 0.5) is 0 Å². The van der Waals surface area contributed by atoms with Gasteiger partial charge >= 0.3 is 0 Å². The van der Waals surface area contributed by atoms with Crippen LogP contribution in [0.3, 0.4) is 0 Å². The average Bonchev–Trinajstić information content (AvgIpc) is 2.59. The largest absolute Gasteiger partial charge is 0.342 e. The standard InChI is InChI=1S/C11H23N3O/c1-9(2)14(4)11(15)7-12-10-5-6-13(3)8-10/h9-10,12H,5-8H2,1-4H3. The summed E-state index contributed by atoms with van der Waals surface area (Å²) in [4.78, 5) is 15.7. The van der Waals surface area contributed by atoms with E-state index in [-0.39, 0.29) is 11.9 Å². The van der Waals surface area contributed by atoms with Gasteiger partial charge in [-0.3, -0.25) is 4.79 Å². The quantitative estimate of drug-likeness (QED) is 0.722. The molecule has 1 rings (SSSR count). The van der Waals surface area contributed by atoms with E-state index in [0.29, 0.717) is 12.6 Å². The maximum atomic E-state index is 11.7. The van der Waals surface area contributed by atoms with Crippen molar-refractivity contribution in [2.75, 3.05) is 33.7 Å². The van der Waals surface area contributed by atoms with Crippen LogP contribution in [0.25, 0.3) is 0 Å². The first-order valence-electron chi connectivity index (χ1n) is 5.68. The summed E-state index contributed by atoms with van der Waals surface area (Å²) >= 11 is 0. The molecule has 1 amide bonds. The zero-order valence-corrected chi connectivity index (χ0v) is 10.3. The molecule has 0 radical (unpaired) electrons. The number of hydrogen-bond acceptors (Lipinski definition) is 3. The molecule has 0 spiro atoms. The van der Waals surface area contributed by atoms with Gasteiger partial charge in [-0.1, -0.05) is 0 Å². The Morgan fingerprint density at radius 1 is 1.60 bits per heavy atom. The molecule has 0 aromatic rings. The number of nitrogens with zero attached hydrogens (tertiary/aromatic N) is 2. The first-order valence-corrected chi connectivity index (χ1v) is 5.68. The Hall–Kier alpha value is -0.610. The third-order valence-corrected chi connectivity index (χ3v) is 3.10. The molecule has 15 heavy (non-hydrogen) atoms. The molecule has 0 saturated carbocycles. The molecule has 1 fully saturated rings. The molecule has 1 saturated heterocycles. The van der Waals surface area contributed by atoms with E-state index >= 15 is 0 Å². The molecule has 0 bridgehead atoms. The zero-order valence-electron chi connectivity index (χ0n) is 10.3. The number of likely N-dealkylation sites (N-methyl/N-ethyl adjacent to an activating group) is 2. The lowest BCUT2D eigenvalue weighted by atomic mass is 10.2. The van der Waals surface area contributed by atoms with Crippen molar-refractivity contribution in [1.82, 2.24) is 15.1 Å². The first kappa shape index (κ1) is 12.5. The molecule has 4 heteroatoms. The van der Waals surface area contributed by atoms with Gasteiger partial charge in [-0.15, -0.1) is 0 Å².